The molecule has 3 unspecified atom stereocenters. The van der Waals surface area contributed by atoms with Crippen molar-refractivity contribution in [2.75, 3.05) is 0 Å². The van der Waals surface area contributed by atoms with Crippen LogP contribution in [0.5, 0.6) is 0 Å². The smallest absolute Gasteiger partial charge is 0.124 e. The van der Waals surface area contributed by atoms with E-state index in [1.165, 1.54) is 31.4 Å². The standard InChI is InChI=1S/C18H23FN2/c1-17(2)14-4-5-18(3,9-14)16(17)21-11-13-6-12(10-20)7-15(19)8-13/h6-8,14,16,21H,4-5,9,11H2,1-3H3. The minimum atomic E-state index is -0.329. The van der Waals surface area contributed by atoms with Crippen LogP contribution in [0.25, 0.3) is 0 Å². The van der Waals surface area contributed by atoms with Crippen molar-refractivity contribution >= 4 is 0 Å². The Kier molecular flexibility index (Phi) is 3.33. The number of halogens is 1. The fourth-order valence-electron chi connectivity index (χ4n) is 4.85. The molecule has 3 atom stereocenters. The molecule has 0 amide bonds. The second-order valence-corrected chi connectivity index (χ2v) is 7.69. The summed E-state index contributed by atoms with van der Waals surface area (Å²) >= 11 is 0. The molecule has 1 aromatic rings. The van der Waals surface area contributed by atoms with Crippen LogP contribution in [0.3, 0.4) is 0 Å². The van der Waals surface area contributed by atoms with Crippen LogP contribution in [0, 0.1) is 33.9 Å². The van der Waals surface area contributed by atoms with Gasteiger partial charge in [-0.25, -0.2) is 4.39 Å². The van der Waals surface area contributed by atoms with Crippen LogP contribution in [0.15, 0.2) is 18.2 Å². The second kappa shape index (κ2) is 4.81. The Morgan fingerprint density at radius 2 is 2.10 bits per heavy atom. The third-order valence-corrected chi connectivity index (χ3v) is 5.87. The van der Waals surface area contributed by atoms with Gasteiger partial charge in [-0.2, -0.15) is 5.26 Å². The molecule has 2 bridgehead atoms. The molecule has 2 aliphatic rings. The molecule has 0 saturated heterocycles. The lowest BCUT2D eigenvalue weighted by molar-refractivity contribution is 0.108. The molecule has 2 nitrogen and oxygen atoms in total. The van der Waals surface area contributed by atoms with E-state index in [4.69, 9.17) is 5.26 Å². The maximum absolute atomic E-state index is 13.5. The van der Waals surface area contributed by atoms with E-state index in [0.29, 0.717) is 29.0 Å². The van der Waals surface area contributed by atoms with Crippen molar-refractivity contribution < 1.29 is 4.39 Å². The van der Waals surface area contributed by atoms with Gasteiger partial charge in [0.1, 0.15) is 5.82 Å². The van der Waals surface area contributed by atoms with Gasteiger partial charge in [-0.3, -0.25) is 0 Å². The zero-order valence-corrected chi connectivity index (χ0v) is 13.0. The lowest BCUT2D eigenvalue weighted by Gasteiger charge is -2.43. The van der Waals surface area contributed by atoms with Crippen LogP contribution in [0.4, 0.5) is 4.39 Å². The van der Waals surface area contributed by atoms with E-state index in [-0.39, 0.29) is 5.82 Å². The van der Waals surface area contributed by atoms with E-state index >= 15 is 0 Å². The van der Waals surface area contributed by atoms with Crippen molar-refractivity contribution in [1.29, 1.82) is 5.26 Å². The molecule has 0 spiro atoms. The molecule has 0 aliphatic heterocycles. The summed E-state index contributed by atoms with van der Waals surface area (Å²) in [4.78, 5) is 0. The fourth-order valence-corrected chi connectivity index (χ4v) is 4.85. The lowest BCUT2D eigenvalue weighted by Crippen LogP contribution is -2.49. The van der Waals surface area contributed by atoms with Crippen molar-refractivity contribution in [2.45, 2.75) is 52.6 Å². The van der Waals surface area contributed by atoms with Gasteiger partial charge in [-0.05, 0) is 59.8 Å². The highest BCUT2D eigenvalue weighted by Gasteiger charge is 2.58. The van der Waals surface area contributed by atoms with Gasteiger partial charge in [0.15, 0.2) is 0 Å². The van der Waals surface area contributed by atoms with Crippen LogP contribution in [0.2, 0.25) is 0 Å². The van der Waals surface area contributed by atoms with Crippen molar-refractivity contribution in [3.63, 3.8) is 0 Å². The molecule has 21 heavy (non-hydrogen) atoms. The Hall–Kier alpha value is -1.40. The van der Waals surface area contributed by atoms with Gasteiger partial charge in [0, 0.05) is 12.6 Å². The van der Waals surface area contributed by atoms with E-state index in [1.54, 1.807) is 6.07 Å². The van der Waals surface area contributed by atoms with Gasteiger partial charge in [0.25, 0.3) is 0 Å². The topological polar surface area (TPSA) is 35.8 Å². The van der Waals surface area contributed by atoms with Crippen molar-refractivity contribution in [3.8, 4) is 6.07 Å². The molecule has 2 fully saturated rings. The van der Waals surface area contributed by atoms with Gasteiger partial charge in [-0.1, -0.05) is 20.8 Å². The Labute approximate surface area is 126 Å². The minimum absolute atomic E-state index is 0.290. The number of rotatable bonds is 3. The molecule has 1 N–H and O–H groups in total. The number of nitrogens with one attached hydrogen (secondary N) is 1. The minimum Gasteiger partial charge on any atom is -0.309 e. The van der Waals surface area contributed by atoms with Crippen molar-refractivity contribution in [3.05, 3.63) is 35.1 Å². The monoisotopic (exact) mass is 286 g/mol. The zero-order valence-electron chi connectivity index (χ0n) is 13.0. The van der Waals surface area contributed by atoms with Gasteiger partial charge in [0.05, 0.1) is 11.6 Å². The summed E-state index contributed by atoms with van der Waals surface area (Å²) in [6.07, 6.45) is 3.91. The van der Waals surface area contributed by atoms with Gasteiger partial charge >= 0.3 is 0 Å². The summed E-state index contributed by atoms with van der Waals surface area (Å²) in [5, 5.41) is 12.6. The first kappa shape index (κ1) is 14.5. The largest absolute Gasteiger partial charge is 0.309 e. The van der Waals surface area contributed by atoms with Crippen LogP contribution in [0.1, 0.15) is 51.2 Å². The first-order valence-electron chi connectivity index (χ1n) is 7.78. The quantitative estimate of drug-likeness (QED) is 0.911. The average molecular weight is 286 g/mol. The Morgan fingerprint density at radius 3 is 2.71 bits per heavy atom. The van der Waals surface area contributed by atoms with Gasteiger partial charge in [0.2, 0.25) is 0 Å². The van der Waals surface area contributed by atoms with E-state index in [0.717, 1.165) is 11.5 Å². The third kappa shape index (κ3) is 2.36. The predicted octanol–water partition coefficient (Wildman–Crippen LogP) is 4.00. The first-order chi connectivity index (χ1) is 9.85. The molecule has 2 saturated carbocycles. The van der Waals surface area contributed by atoms with E-state index in [1.807, 2.05) is 6.07 Å². The third-order valence-electron chi connectivity index (χ3n) is 5.87. The summed E-state index contributed by atoms with van der Waals surface area (Å²) in [7, 11) is 0. The summed E-state index contributed by atoms with van der Waals surface area (Å²) in [6.45, 7) is 7.71. The lowest BCUT2D eigenvalue weighted by atomic mass is 9.68. The molecular formula is C18H23FN2. The van der Waals surface area contributed by atoms with Crippen LogP contribution in [-0.2, 0) is 6.54 Å². The molecular weight excluding hydrogens is 263 g/mol. The second-order valence-electron chi connectivity index (χ2n) is 7.69. The number of nitriles is 1. The highest BCUT2D eigenvalue weighted by Crippen LogP contribution is 2.62. The molecule has 1 aromatic carbocycles. The van der Waals surface area contributed by atoms with Crippen LogP contribution < -0.4 is 5.32 Å². The Bertz CT molecular complexity index is 597. The number of hydrogen-bond acceptors (Lipinski definition) is 2. The van der Waals surface area contributed by atoms with Gasteiger partial charge < -0.3 is 5.32 Å². The summed E-state index contributed by atoms with van der Waals surface area (Å²) in [6, 6.07) is 7.06. The first-order valence-corrected chi connectivity index (χ1v) is 7.78. The zero-order chi connectivity index (χ0) is 15.3. The summed E-state index contributed by atoms with van der Waals surface area (Å²) < 4.78 is 13.5. The number of hydrogen-bond donors (Lipinski definition) is 1. The highest BCUT2D eigenvalue weighted by molar-refractivity contribution is 5.33. The molecule has 0 aromatic heterocycles. The highest BCUT2D eigenvalue weighted by atomic mass is 19.1. The van der Waals surface area contributed by atoms with Crippen molar-refractivity contribution in [1.82, 2.24) is 5.32 Å². The number of nitrogens with zero attached hydrogens (tertiary/aromatic N) is 1. The molecule has 3 heteroatoms. The summed E-state index contributed by atoms with van der Waals surface area (Å²) in [5.41, 5.74) is 1.90. The number of fused-ring (bicyclic) bond motifs is 2. The van der Waals surface area contributed by atoms with E-state index < -0.39 is 0 Å². The summed E-state index contributed by atoms with van der Waals surface area (Å²) in [5.74, 6) is 0.464. The molecule has 0 radical (unpaired) electrons. The SMILES string of the molecule is CC12CCC(C1)C(C)(C)C2NCc1cc(F)cc(C#N)c1. The van der Waals surface area contributed by atoms with Crippen molar-refractivity contribution in [2.24, 2.45) is 16.7 Å². The maximum Gasteiger partial charge on any atom is 0.124 e. The molecule has 3 rings (SSSR count). The van der Waals surface area contributed by atoms with E-state index in [2.05, 4.69) is 26.1 Å². The van der Waals surface area contributed by atoms with Gasteiger partial charge in [-0.15, -0.1) is 0 Å². The predicted molar refractivity (Wildman–Crippen MR) is 81.0 cm³/mol. The van der Waals surface area contributed by atoms with Crippen LogP contribution in [-0.4, -0.2) is 6.04 Å². The molecule has 2 aliphatic carbocycles. The normalized spacial score (nSPS) is 33.1. The van der Waals surface area contributed by atoms with Crippen LogP contribution >= 0.6 is 0 Å². The maximum atomic E-state index is 13.5. The number of benzene rings is 1. The molecule has 112 valence electrons. The fraction of sp³-hybridized carbons (Fsp3) is 0.611. The average Bonchev–Trinajstić information content (AvgIpc) is 2.88. The Balaban J connectivity index is 1.76. The molecule has 0 heterocycles. The Morgan fingerprint density at radius 1 is 1.33 bits per heavy atom. The van der Waals surface area contributed by atoms with E-state index in [9.17, 15) is 4.39 Å².